The molecule has 0 fully saturated rings. The first kappa shape index (κ1) is 19.3. The van der Waals surface area contributed by atoms with Gasteiger partial charge in [-0.3, -0.25) is 4.79 Å². The van der Waals surface area contributed by atoms with Gasteiger partial charge in [-0.05, 0) is 49.9 Å². The van der Waals surface area contributed by atoms with E-state index < -0.39 is 4.33 Å². The van der Waals surface area contributed by atoms with E-state index in [0.29, 0.717) is 16.6 Å². The van der Waals surface area contributed by atoms with E-state index in [9.17, 15) is 9.59 Å². The normalized spacial score (nSPS) is 22.3. The molecule has 1 aromatic rings. The Labute approximate surface area is 169 Å². The van der Waals surface area contributed by atoms with Crippen molar-refractivity contribution in [1.29, 1.82) is 0 Å². The minimum Gasteiger partial charge on any atom is -0.462 e. The molecule has 26 heavy (non-hydrogen) atoms. The van der Waals surface area contributed by atoms with Gasteiger partial charge in [-0.25, -0.2) is 9.80 Å². The van der Waals surface area contributed by atoms with E-state index in [2.05, 4.69) is 21.0 Å². The average molecular weight is 456 g/mol. The summed E-state index contributed by atoms with van der Waals surface area (Å²) in [5.41, 5.74) is 1.62. The summed E-state index contributed by atoms with van der Waals surface area (Å²) < 4.78 is 5.37. The Bertz CT molecular complexity index is 825. The first-order chi connectivity index (χ1) is 12.3. The van der Waals surface area contributed by atoms with Crippen molar-refractivity contribution >= 4 is 61.9 Å². The number of carbonyl (C=O) groups excluding carboxylic acids is 2. The molecule has 3 rings (SSSR count). The van der Waals surface area contributed by atoms with Crippen molar-refractivity contribution in [3.8, 4) is 0 Å². The number of allylic oxidation sites excluding steroid dienone is 1. The van der Waals surface area contributed by atoms with Crippen molar-refractivity contribution in [1.82, 2.24) is 4.90 Å². The molecule has 0 amide bonds. The van der Waals surface area contributed by atoms with E-state index in [1.165, 1.54) is 30.4 Å². The fourth-order valence-corrected chi connectivity index (χ4v) is 5.73. The van der Waals surface area contributed by atoms with E-state index in [4.69, 9.17) is 4.74 Å². The molecule has 0 saturated carbocycles. The van der Waals surface area contributed by atoms with Crippen LogP contribution < -0.4 is 5.01 Å². The van der Waals surface area contributed by atoms with Crippen molar-refractivity contribution < 1.29 is 14.3 Å². The number of carbonyl (C=O) groups is 2. The molecule has 2 heterocycles. The van der Waals surface area contributed by atoms with E-state index in [-0.39, 0.29) is 11.8 Å². The standard InChI is InChI=1S/C17H18BrN3O3S2/c1-5-24-16(23)14-10(2)20(4)17(25-14)21(19-15(26-17)11(3)22)13-8-6-12(18)7-9-13/h6-9H,5H2,1-4H3/t17-/m0/s1. The van der Waals surface area contributed by atoms with Gasteiger partial charge in [0.1, 0.15) is 4.91 Å². The zero-order valence-corrected chi connectivity index (χ0v) is 18.0. The SMILES string of the molecule is CCOC(=O)C1=C(C)N(C)[C@@]2(SC(C(C)=O)=NN2c2ccc(Br)cc2)S1. The van der Waals surface area contributed by atoms with Crippen molar-refractivity contribution in [2.75, 3.05) is 18.7 Å². The molecule has 2 aliphatic heterocycles. The third-order valence-corrected chi connectivity index (χ3v) is 7.69. The van der Waals surface area contributed by atoms with Gasteiger partial charge in [0, 0.05) is 24.1 Å². The van der Waals surface area contributed by atoms with Crippen LogP contribution in [0.25, 0.3) is 0 Å². The molecular weight excluding hydrogens is 438 g/mol. The van der Waals surface area contributed by atoms with Gasteiger partial charge in [-0.2, -0.15) is 5.10 Å². The topological polar surface area (TPSA) is 62.2 Å². The Morgan fingerprint density at radius 3 is 2.50 bits per heavy atom. The number of hydrazone groups is 1. The van der Waals surface area contributed by atoms with Gasteiger partial charge in [0.05, 0.1) is 12.3 Å². The van der Waals surface area contributed by atoms with Crippen molar-refractivity contribution in [3.63, 3.8) is 0 Å². The monoisotopic (exact) mass is 455 g/mol. The van der Waals surface area contributed by atoms with Crippen molar-refractivity contribution in [2.24, 2.45) is 5.10 Å². The summed E-state index contributed by atoms with van der Waals surface area (Å²) in [4.78, 5) is 26.9. The van der Waals surface area contributed by atoms with Gasteiger partial charge in [-0.15, -0.1) is 0 Å². The molecule has 2 aliphatic rings. The second-order valence-electron chi connectivity index (χ2n) is 5.70. The maximum Gasteiger partial charge on any atom is 0.346 e. The average Bonchev–Trinajstić information content (AvgIpc) is 3.11. The predicted molar refractivity (Wildman–Crippen MR) is 110 cm³/mol. The molecule has 0 aromatic heterocycles. The summed E-state index contributed by atoms with van der Waals surface area (Å²) in [6.07, 6.45) is 0. The molecule has 1 aromatic carbocycles. The molecule has 0 aliphatic carbocycles. The predicted octanol–water partition coefficient (Wildman–Crippen LogP) is 3.99. The van der Waals surface area contributed by atoms with Gasteiger partial charge in [0.25, 0.3) is 0 Å². The van der Waals surface area contributed by atoms with E-state index in [1.54, 1.807) is 11.9 Å². The number of nitrogens with zero attached hydrogens (tertiary/aromatic N) is 3. The van der Waals surface area contributed by atoms with Crippen LogP contribution in [0.5, 0.6) is 0 Å². The van der Waals surface area contributed by atoms with Crippen LogP contribution >= 0.6 is 39.5 Å². The van der Waals surface area contributed by atoms with E-state index in [0.717, 1.165) is 15.9 Å². The van der Waals surface area contributed by atoms with Gasteiger partial charge < -0.3 is 9.64 Å². The quantitative estimate of drug-likeness (QED) is 0.635. The van der Waals surface area contributed by atoms with Crippen LogP contribution in [0.3, 0.4) is 0 Å². The number of halogens is 1. The highest BCUT2D eigenvalue weighted by molar-refractivity contribution is 9.10. The Morgan fingerprint density at radius 2 is 1.92 bits per heavy atom. The number of anilines is 1. The summed E-state index contributed by atoms with van der Waals surface area (Å²) in [5, 5.41) is 6.75. The van der Waals surface area contributed by atoms with Crippen LogP contribution in [-0.2, 0) is 14.3 Å². The summed E-state index contributed by atoms with van der Waals surface area (Å²) in [7, 11) is 1.89. The fraction of sp³-hybridized carbons (Fsp3) is 0.353. The maximum atomic E-state index is 12.4. The number of rotatable bonds is 4. The number of ether oxygens (including phenoxy) is 1. The smallest absolute Gasteiger partial charge is 0.346 e. The second kappa shape index (κ2) is 7.28. The van der Waals surface area contributed by atoms with Gasteiger partial charge >= 0.3 is 5.97 Å². The number of thioether (sulfide) groups is 2. The minimum absolute atomic E-state index is 0.106. The van der Waals surface area contributed by atoms with Crippen LogP contribution in [0.4, 0.5) is 5.69 Å². The Morgan fingerprint density at radius 1 is 1.27 bits per heavy atom. The minimum atomic E-state index is -0.777. The molecule has 138 valence electrons. The van der Waals surface area contributed by atoms with Crippen LogP contribution in [0.15, 0.2) is 44.4 Å². The lowest BCUT2D eigenvalue weighted by molar-refractivity contribution is -0.137. The zero-order chi connectivity index (χ0) is 19.1. The van der Waals surface area contributed by atoms with Crippen molar-refractivity contribution in [3.05, 3.63) is 39.3 Å². The van der Waals surface area contributed by atoms with Crippen LogP contribution in [0, 0.1) is 0 Å². The summed E-state index contributed by atoms with van der Waals surface area (Å²) in [6, 6.07) is 7.68. The maximum absolute atomic E-state index is 12.4. The molecular formula is C17H18BrN3O3S2. The molecule has 1 spiro atoms. The zero-order valence-electron chi connectivity index (χ0n) is 14.8. The lowest BCUT2D eigenvalue weighted by Crippen LogP contribution is -2.47. The number of hydrogen-bond acceptors (Lipinski definition) is 8. The second-order valence-corrected chi connectivity index (χ2v) is 9.21. The van der Waals surface area contributed by atoms with Gasteiger partial charge in [0.15, 0.2) is 10.8 Å². The Balaban J connectivity index is 2.03. The number of benzene rings is 1. The molecule has 0 N–H and O–H groups in total. The van der Waals surface area contributed by atoms with E-state index in [1.807, 2.05) is 43.1 Å². The third kappa shape index (κ3) is 3.16. The molecule has 1 atom stereocenters. The molecule has 0 unspecified atom stereocenters. The Kier molecular flexibility index (Phi) is 5.41. The molecule has 9 heteroatoms. The van der Waals surface area contributed by atoms with Crippen LogP contribution in [-0.4, -0.2) is 39.7 Å². The first-order valence-electron chi connectivity index (χ1n) is 7.95. The van der Waals surface area contributed by atoms with Crippen molar-refractivity contribution in [2.45, 2.75) is 25.1 Å². The summed E-state index contributed by atoms with van der Waals surface area (Å²) >= 11 is 6.13. The number of Topliss-reactive ketones (excluding diaryl/α,β-unsaturated/α-hetero) is 1. The van der Waals surface area contributed by atoms with E-state index >= 15 is 0 Å². The van der Waals surface area contributed by atoms with Gasteiger partial charge in [-0.1, -0.05) is 27.7 Å². The number of esters is 1. The molecule has 6 nitrogen and oxygen atoms in total. The molecule has 0 radical (unpaired) electrons. The highest BCUT2D eigenvalue weighted by atomic mass is 79.9. The molecule has 0 bridgehead atoms. The number of ketones is 1. The highest BCUT2D eigenvalue weighted by Crippen LogP contribution is 2.58. The number of hydrogen-bond donors (Lipinski definition) is 0. The molecule has 0 saturated heterocycles. The lowest BCUT2D eigenvalue weighted by atomic mass is 10.3. The lowest BCUT2D eigenvalue weighted by Gasteiger charge is -2.39. The van der Waals surface area contributed by atoms with Gasteiger partial charge in [0.2, 0.25) is 4.33 Å². The highest BCUT2D eigenvalue weighted by Gasteiger charge is 2.56. The van der Waals surface area contributed by atoms with Crippen LogP contribution in [0.1, 0.15) is 20.8 Å². The first-order valence-corrected chi connectivity index (χ1v) is 10.4. The third-order valence-electron chi connectivity index (χ3n) is 4.01. The Hall–Kier alpha value is -1.45. The fourth-order valence-electron chi connectivity index (χ4n) is 2.59. The summed E-state index contributed by atoms with van der Waals surface area (Å²) in [6.45, 7) is 5.46. The van der Waals surface area contributed by atoms with Crippen LogP contribution in [0.2, 0.25) is 0 Å². The largest absolute Gasteiger partial charge is 0.462 e. The summed E-state index contributed by atoms with van der Waals surface area (Å²) in [5.74, 6) is -0.461.